The molecule has 0 saturated heterocycles. The molecule has 2 rings (SSSR count). The van der Waals surface area contributed by atoms with E-state index >= 15 is 0 Å². The van der Waals surface area contributed by atoms with Gasteiger partial charge >= 0.3 is 0 Å². The smallest absolute Gasteiger partial charge is 0.280 e. The number of nitrogens with zero attached hydrogens (tertiary/aromatic N) is 3. The van der Waals surface area contributed by atoms with Crippen molar-refractivity contribution in [3.05, 3.63) is 36.4 Å². The molecule has 0 saturated carbocycles. The molecule has 0 fully saturated rings. The molecule has 0 atom stereocenters. The normalized spacial score (nSPS) is 10.7. The predicted molar refractivity (Wildman–Crippen MR) is 54.6 cm³/mol. The standard InChI is InChI=1S/C10H8F2N4/c11-9(12)8-3-6(1-2-14-8)7-4-15-10(13)16-5-7/h1-5,9H,(H2,13,15,16). The Kier molecular flexibility index (Phi) is 2.72. The van der Waals surface area contributed by atoms with Crippen molar-refractivity contribution < 1.29 is 8.78 Å². The Bertz CT molecular complexity index is 484. The lowest BCUT2D eigenvalue weighted by molar-refractivity contribution is 0.146. The van der Waals surface area contributed by atoms with Crippen molar-refractivity contribution in [3.8, 4) is 11.1 Å². The lowest BCUT2D eigenvalue weighted by Gasteiger charge is -2.03. The molecule has 0 bridgehead atoms. The van der Waals surface area contributed by atoms with E-state index in [1.54, 1.807) is 6.07 Å². The third-order valence-electron chi connectivity index (χ3n) is 2.01. The second-order valence-corrected chi connectivity index (χ2v) is 3.10. The number of alkyl halides is 2. The maximum absolute atomic E-state index is 12.4. The van der Waals surface area contributed by atoms with Crippen LogP contribution in [0.5, 0.6) is 0 Å². The van der Waals surface area contributed by atoms with Gasteiger partial charge in [-0.3, -0.25) is 4.98 Å². The lowest BCUT2D eigenvalue weighted by Crippen LogP contribution is -1.95. The summed E-state index contributed by atoms with van der Waals surface area (Å²) in [7, 11) is 0. The topological polar surface area (TPSA) is 64.7 Å². The van der Waals surface area contributed by atoms with E-state index < -0.39 is 6.43 Å². The zero-order valence-electron chi connectivity index (χ0n) is 8.14. The first kappa shape index (κ1) is 10.4. The van der Waals surface area contributed by atoms with Crippen molar-refractivity contribution in [2.24, 2.45) is 0 Å². The van der Waals surface area contributed by atoms with Gasteiger partial charge in [-0.15, -0.1) is 0 Å². The molecule has 2 N–H and O–H groups in total. The maximum atomic E-state index is 12.4. The Balaban J connectivity index is 2.40. The van der Waals surface area contributed by atoms with Gasteiger partial charge in [0.05, 0.1) is 0 Å². The van der Waals surface area contributed by atoms with Gasteiger partial charge in [-0.25, -0.2) is 18.7 Å². The van der Waals surface area contributed by atoms with Gasteiger partial charge in [-0.05, 0) is 17.7 Å². The van der Waals surface area contributed by atoms with Gasteiger partial charge in [0.15, 0.2) is 0 Å². The minimum Gasteiger partial charge on any atom is -0.368 e. The van der Waals surface area contributed by atoms with Crippen LogP contribution in [0, 0.1) is 0 Å². The lowest BCUT2D eigenvalue weighted by atomic mass is 10.1. The highest BCUT2D eigenvalue weighted by Gasteiger charge is 2.09. The Morgan fingerprint density at radius 1 is 1.06 bits per heavy atom. The summed E-state index contributed by atoms with van der Waals surface area (Å²) in [5.41, 5.74) is 6.27. The molecule has 82 valence electrons. The van der Waals surface area contributed by atoms with Crippen molar-refractivity contribution in [2.45, 2.75) is 6.43 Å². The van der Waals surface area contributed by atoms with E-state index in [-0.39, 0.29) is 11.6 Å². The first-order valence-electron chi connectivity index (χ1n) is 4.49. The Morgan fingerprint density at radius 3 is 2.38 bits per heavy atom. The van der Waals surface area contributed by atoms with Crippen LogP contribution in [-0.4, -0.2) is 15.0 Å². The zero-order valence-corrected chi connectivity index (χ0v) is 8.14. The Hall–Kier alpha value is -2.11. The third kappa shape index (κ3) is 2.10. The van der Waals surface area contributed by atoms with E-state index in [0.717, 1.165) is 0 Å². The first-order valence-corrected chi connectivity index (χ1v) is 4.49. The molecule has 4 nitrogen and oxygen atoms in total. The molecule has 0 aromatic carbocycles. The quantitative estimate of drug-likeness (QED) is 0.844. The van der Waals surface area contributed by atoms with Gasteiger partial charge in [0, 0.05) is 24.2 Å². The van der Waals surface area contributed by atoms with Crippen molar-refractivity contribution in [3.63, 3.8) is 0 Å². The molecule has 0 aliphatic carbocycles. The van der Waals surface area contributed by atoms with Crippen LogP contribution in [0.1, 0.15) is 12.1 Å². The van der Waals surface area contributed by atoms with E-state index in [1.165, 1.54) is 24.7 Å². The van der Waals surface area contributed by atoms with Crippen molar-refractivity contribution >= 4 is 5.95 Å². The summed E-state index contributed by atoms with van der Waals surface area (Å²) in [6.07, 6.45) is 1.70. The fourth-order valence-corrected chi connectivity index (χ4v) is 1.23. The van der Waals surface area contributed by atoms with Crippen molar-refractivity contribution in [2.75, 3.05) is 5.73 Å². The number of hydrogen-bond acceptors (Lipinski definition) is 4. The molecule has 0 amide bonds. The van der Waals surface area contributed by atoms with Crippen molar-refractivity contribution in [1.29, 1.82) is 0 Å². The van der Waals surface area contributed by atoms with Crippen LogP contribution in [0.15, 0.2) is 30.7 Å². The average molecular weight is 222 g/mol. The monoisotopic (exact) mass is 222 g/mol. The molecule has 0 radical (unpaired) electrons. The molecule has 2 heterocycles. The summed E-state index contributed by atoms with van der Waals surface area (Å²) >= 11 is 0. The summed E-state index contributed by atoms with van der Waals surface area (Å²) in [4.78, 5) is 11.1. The highest BCUT2D eigenvalue weighted by atomic mass is 19.3. The molecule has 0 aliphatic rings. The summed E-state index contributed by atoms with van der Waals surface area (Å²) in [5, 5.41) is 0. The van der Waals surface area contributed by atoms with Crippen molar-refractivity contribution in [1.82, 2.24) is 15.0 Å². The van der Waals surface area contributed by atoms with Gasteiger partial charge in [0.2, 0.25) is 5.95 Å². The van der Waals surface area contributed by atoms with E-state index in [2.05, 4.69) is 15.0 Å². The minimum atomic E-state index is -2.59. The predicted octanol–water partition coefficient (Wildman–Crippen LogP) is 2.06. The van der Waals surface area contributed by atoms with Gasteiger partial charge < -0.3 is 5.73 Å². The fourth-order valence-electron chi connectivity index (χ4n) is 1.23. The summed E-state index contributed by atoms with van der Waals surface area (Å²) in [6, 6.07) is 2.92. The third-order valence-corrected chi connectivity index (χ3v) is 2.01. The Morgan fingerprint density at radius 2 is 1.75 bits per heavy atom. The van der Waals surface area contributed by atoms with Crippen LogP contribution in [0.4, 0.5) is 14.7 Å². The number of nitrogen functional groups attached to an aromatic ring is 1. The number of nitrogens with two attached hydrogens (primary N) is 1. The first-order chi connectivity index (χ1) is 7.66. The van der Waals surface area contributed by atoms with Gasteiger partial charge in [-0.2, -0.15) is 0 Å². The minimum absolute atomic E-state index is 0.145. The van der Waals surface area contributed by atoms with E-state index in [1.807, 2.05) is 0 Å². The van der Waals surface area contributed by atoms with E-state index in [4.69, 9.17) is 5.73 Å². The SMILES string of the molecule is Nc1ncc(-c2ccnc(C(F)F)c2)cn1. The Labute approximate surface area is 90.2 Å². The zero-order chi connectivity index (χ0) is 11.5. The molecular formula is C10H8F2N4. The van der Waals surface area contributed by atoms with E-state index in [0.29, 0.717) is 11.1 Å². The fraction of sp³-hybridized carbons (Fsp3) is 0.100. The largest absolute Gasteiger partial charge is 0.368 e. The number of aromatic nitrogens is 3. The van der Waals surface area contributed by atoms with Crippen LogP contribution in [0.3, 0.4) is 0 Å². The highest BCUT2D eigenvalue weighted by molar-refractivity contribution is 5.61. The van der Waals surface area contributed by atoms with Crippen LogP contribution >= 0.6 is 0 Å². The van der Waals surface area contributed by atoms with Gasteiger partial charge in [-0.1, -0.05) is 0 Å². The molecule has 2 aromatic heterocycles. The second kappa shape index (κ2) is 4.18. The second-order valence-electron chi connectivity index (χ2n) is 3.10. The molecular weight excluding hydrogens is 214 g/mol. The van der Waals surface area contributed by atoms with Crippen LogP contribution in [0.2, 0.25) is 0 Å². The molecule has 2 aromatic rings. The summed E-state index contributed by atoms with van der Waals surface area (Å²) in [5.74, 6) is 0.145. The van der Waals surface area contributed by atoms with Gasteiger partial charge in [0.25, 0.3) is 6.43 Å². The van der Waals surface area contributed by atoms with Crippen LogP contribution < -0.4 is 5.73 Å². The number of hydrogen-bond donors (Lipinski definition) is 1. The van der Waals surface area contributed by atoms with Crippen LogP contribution in [0.25, 0.3) is 11.1 Å². The maximum Gasteiger partial charge on any atom is 0.280 e. The molecule has 6 heteroatoms. The summed E-state index contributed by atoms with van der Waals surface area (Å²) < 4.78 is 24.8. The molecule has 16 heavy (non-hydrogen) atoms. The van der Waals surface area contributed by atoms with Gasteiger partial charge in [0.1, 0.15) is 5.69 Å². The van der Waals surface area contributed by atoms with E-state index in [9.17, 15) is 8.78 Å². The molecule has 0 aliphatic heterocycles. The molecule has 0 unspecified atom stereocenters. The highest BCUT2D eigenvalue weighted by Crippen LogP contribution is 2.22. The summed E-state index contributed by atoms with van der Waals surface area (Å²) in [6.45, 7) is 0. The van der Waals surface area contributed by atoms with Crippen LogP contribution in [-0.2, 0) is 0 Å². The molecule has 0 spiro atoms. The average Bonchev–Trinajstić information content (AvgIpc) is 2.30. The number of anilines is 1. The number of halogens is 2. The number of pyridine rings is 1. The number of rotatable bonds is 2.